The molecule has 2 heterocycles. The molecular weight excluding hydrogens is 554 g/mol. The van der Waals surface area contributed by atoms with Gasteiger partial charge in [-0.2, -0.15) is 0 Å². The number of allylic oxidation sites excluding steroid dienone is 1. The molecule has 0 aliphatic heterocycles. The van der Waals surface area contributed by atoms with Crippen LogP contribution < -0.4 is 16.0 Å². The summed E-state index contributed by atoms with van der Waals surface area (Å²) in [5.74, 6) is -0.837. The number of thiazole rings is 1. The first kappa shape index (κ1) is 29.1. The lowest BCUT2D eigenvalue weighted by Crippen LogP contribution is -2.33. The third-order valence-electron chi connectivity index (χ3n) is 6.25. The topological polar surface area (TPSA) is 124 Å². The fourth-order valence-electron chi connectivity index (χ4n) is 4.25. The number of esters is 1. The van der Waals surface area contributed by atoms with Gasteiger partial charge in [-0.25, -0.2) is 14.6 Å². The molecule has 2 aromatic heterocycles. The number of carbonyl (C=O) groups is 3. The Morgan fingerprint density at radius 1 is 1.18 bits per heavy atom. The maximum absolute atomic E-state index is 13.0. The van der Waals surface area contributed by atoms with Crippen molar-refractivity contribution in [3.8, 4) is 16.9 Å². The van der Waals surface area contributed by atoms with E-state index < -0.39 is 17.6 Å². The van der Waals surface area contributed by atoms with Gasteiger partial charge in [0.2, 0.25) is 5.91 Å². The summed E-state index contributed by atoms with van der Waals surface area (Å²) in [6, 6.07) is 8.17. The summed E-state index contributed by atoms with van der Waals surface area (Å²) in [4.78, 5) is 41.7. The normalized spacial score (nSPS) is 16.6. The number of nitrogens with one attached hydrogen (secondary N) is 3. The second-order valence-corrected chi connectivity index (χ2v) is 10.5. The number of halogens is 1. The highest BCUT2D eigenvalue weighted by molar-refractivity contribution is 7.14. The minimum atomic E-state index is -0.642. The van der Waals surface area contributed by atoms with Gasteiger partial charge in [0.25, 0.3) is 0 Å². The van der Waals surface area contributed by atoms with E-state index in [9.17, 15) is 14.4 Å². The monoisotopic (exact) mass is 583 g/mol. The van der Waals surface area contributed by atoms with Gasteiger partial charge in [-0.05, 0) is 44.6 Å². The summed E-state index contributed by atoms with van der Waals surface area (Å²) in [5, 5.41) is 10.8. The van der Waals surface area contributed by atoms with E-state index in [4.69, 9.17) is 21.1 Å². The molecule has 0 saturated heterocycles. The van der Waals surface area contributed by atoms with E-state index in [2.05, 4.69) is 20.9 Å². The van der Waals surface area contributed by atoms with E-state index in [1.807, 2.05) is 43.5 Å². The Labute approximate surface area is 241 Å². The first-order valence-electron chi connectivity index (χ1n) is 12.5. The van der Waals surface area contributed by atoms with Crippen molar-refractivity contribution in [3.05, 3.63) is 70.0 Å². The zero-order valence-corrected chi connectivity index (χ0v) is 24.3. The molecule has 3 amide bonds. The summed E-state index contributed by atoms with van der Waals surface area (Å²) in [5.41, 5.74) is 3.43. The quantitative estimate of drug-likeness (QED) is 0.273. The molecule has 0 saturated carbocycles. The molecule has 0 radical (unpaired) electrons. The van der Waals surface area contributed by atoms with E-state index in [-0.39, 0.29) is 29.0 Å². The number of amides is 3. The van der Waals surface area contributed by atoms with Gasteiger partial charge in [-0.1, -0.05) is 29.8 Å². The van der Waals surface area contributed by atoms with Crippen molar-refractivity contribution >= 4 is 51.7 Å². The number of rotatable bonds is 8. The number of nitrogens with zero attached hydrogens (tertiary/aromatic N) is 2. The van der Waals surface area contributed by atoms with Crippen molar-refractivity contribution < 1.29 is 23.9 Å². The third-order valence-corrected chi connectivity index (χ3v) is 7.29. The van der Waals surface area contributed by atoms with Crippen molar-refractivity contribution in [2.24, 2.45) is 0 Å². The summed E-state index contributed by atoms with van der Waals surface area (Å²) >= 11 is 7.90. The molecule has 0 spiro atoms. The predicted molar refractivity (Wildman–Crippen MR) is 156 cm³/mol. The largest absolute Gasteiger partial charge is 0.461 e. The second kappa shape index (κ2) is 12.1. The van der Waals surface area contributed by atoms with E-state index >= 15 is 0 Å². The van der Waals surface area contributed by atoms with Crippen LogP contribution in [0.15, 0.2) is 59.1 Å². The van der Waals surface area contributed by atoms with Crippen molar-refractivity contribution in [1.82, 2.24) is 14.9 Å². The average Bonchev–Trinajstić information content (AvgIpc) is 3.49. The lowest BCUT2D eigenvalue weighted by atomic mass is 9.92. The van der Waals surface area contributed by atoms with Crippen LogP contribution in [0.1, 0.15) is 44.6 Å². The van der Waals surface area contributed by atoms with Gasteiger partial charge >= 0.3 is 12.0 Å². The number of aromatic nitrogens is 2. The number of urea groups is 1. The summed E-state index contributed by atoms with van der Waals surface area (Å²) in [7, 11) is 1.64. The van der Waals surface area contributed by atoms with Crippen LogP contribution in [0.25, 0.3) is 16.9 Å². The molecule has 1 aliphatic carbocycles. The zero-order valence-electron chi connectivity index (χ0n) is 22.8. The van der Waals surface area contributed by atoms with Crippen molar-refractivity contribution in [2.75, 3.05) is 24.4 Å². The minimum absolute atomic E-state index is 0.0770. The maximum Gasteiger partial charge on any atom is 0.357 e. The Bertz CT molecular complexity index is 1510. The van der Waals surface area contributed by atoms with Gasteiger partial charge < -0.3 is 25.4 Å². The number of benzene rings is 1. The lowest BCUT2D eigenvalue weighted by Gasteiger charge is -2.28. The standard InChI is InChI=1S/C28H30ClN5O5S/c1-6-39-25(36)24-21(32-26(37)31-20-11-12-28(4,38-5)14-16(20)2)13-23(29)34(24)19-9-7-18(8-10-19)22-15-40-27(33-22)30-17(3)35/h7-11,13-15H,6,12H2,1-5H3,(H,30,33,35)(H2,31,32,37). The highest BCUT2D eigenvalue weighted by Gasteiger charge is 2.27. The summed E-state index contributed by atoms with van der Waals surface area (Å²) < 4.78 is 12.3. The van der Waals surface area contributed by atoms with Gasteiger partial charge in [0.05, 0.1) is 23.6 Å². The molecule has 4 rings (SSSR count). The van der Waals surface area contributed by atoms with Gasteiger partial charge in [-0.3, -0.25) is 9.36 Å². The Morgan fingerprint density at radius 3 is 2.52 bits per heavy atom. The first-order chi connectivity index (χ1) is 19.0. The SMILES string of the molecule is CCOC(=O)c1c(NC(=O)NC2=CCC(C)(OC)C=C2C)cc(Cl)n1-c1ccc(-c2csc(NC(C)=O)n2)cc1. The highest BCUT2D eigenvalue weighted by atomic mass is 35.5. The van der Waals surface area contributed by atoms with Crippen molar-refractivity contribution in [1.29, 1.82) is 0 Å². The Kier molecular flexibility index (Phi) is 8.77. The van der Waals surface area contributed by atoms with E-state index in [0.717, 1.165) is 11.1 Å². The molecule has 0 bridgehead atoms. The molecule has 1 aliphatic rings. The highest BCUT2D eigenvalue weighted by Crippen LogP contribution is 2.32. The first-order valence-corrected chi connectivity index (χ1v) is 13.7. The predicted octanol–water partition coefficient (Wildman–Crippen LogP) is 6.15. The molecule has 3 N–H and O–H groups in total. The molecule has 3 aromatic rings. The zero-order chi connectivity index (χ0) is 29.0. The van der Waals surface area contributed by atoms with Crippen LogP contribution in [-0.2, 0) is 14.3 Å². The Morgan fingerprint density at radius 2 is 1.90 bits per heavy atom. The maximum atomic E-state index is 13.0. The molecule has 0 fully saturated rings. The van der Waals surface area contributed by atoms with E-state index in [0.29, 0.717) is 28.6 Å². The summed E-state index contributed by atoms with van der Waals surface area (Å²) in [6.45, 7) is 7.11. The van der Waals surface area contributed by atoms with Crippen LogP contribution in [-0.4, -0.2) is 46.8 Å². The van der Waals surface area contributed by atoms with E-state index in [1.54, 1.807) is 26.2 Å². The molecule has 12 heteroatoms. The second-order valence-electron chi connectivity index (χ2n) is 9.30. The van der Waals surface area contributed by atoms with Gasteiger partial charge in [0.15, 0.2) is 10.8 Å². The van der Waals surface area contributed by atoms with Crippen molar-refractivity contribution in [3.63, 3.8) is 0 Å². The van der Waals surface area contributed by atoms with Crippen LogP contribution in [0.2, 0.25) is 5.15 Å². The number of hydrogen-bond acceptors (Lipinski definition) is 7. The average molecular weight is 584 g/mol. The minimum Gasteiger partial charge on any atom is -0.461 e. The lowest BCUT2D eigenvalue weighted by molar-refractivity contribution is -0.114. The number of methoxy groups -OCH3 is 1. The van der Waals surface area contributed by atoms with Crippen LogP contribution in [0.5, 0.6) is 0 Å². The molecular formula is C28H30ClN5O5S. The van der Waals surface area contributed by atoms with Crippen LogP contribution >= 0.6 is 22.9 Å². The molecule has 10 nitrogen and oxygen atoms in total. The molecule has 1 atom stereocenters. The van der Waals surface area contributed by atoms with Gasteiger partial charge in [0.1, 0.15) is 5.15 Å². The molecule has 1 aromatic carbocycles. The third kappa shape index (κ3) is 6.44. The van der Waals surface area contributed by atoms with Gasteiger partial charge in [0, 0.05) is 48.8 Å². The fourth-order valence-corrected chi connectivity index (χ4v) is 5.31. The molecule has 40 heavy (non-hydrogen) atoms. The Hall–Kier alpha value is -3.93. The molecule has 1 unspecified atom stereocenters. The number of ether oxygens (including phenoxy) is 2. The Balaban J connectivity index is 1.59. The van der Waals surface area contributed by atoms with E-state index in [1.165, 1.54) is 28.9 Å². The number of carbonyl (C=O) groups excluding carboxylic acids is 3. The smallest absolute Gasteiger partial charge is 0.357 e. The van der Waals surface area contributed by atoms with Crippen LogP contribution in [0.4, 0.5) is 15.6 Å². The summed E-state index contributed by atoms with van der Waals surface area (Å²) in [6.07, 6.45) is 4.44. The van der Waals surface area contributed by atoms with Crippen LogP contribution in [0, 0.1) is 0 Å². The van der Waals surface area contributed by atoms with Crippen molar-refractivity contribution in [2.45, 2.75) is 39.7 Å². The number of hydrogen-bond donors (Lipinski definition) is 3. The number of anilines is 2. The fraction of sp³-hybridized carbons (Fsp3) is 0.286. The van der Waals surface area contributed by atoms with Crippen LogP contribution in [0.3, 0.4) is 0 Å². The van der Waals surface area contributed by atoms with Gasteiger partial charge in [-0.15, -0.1) is 11.3 Å². The molecule has 210 valence electrons.